The molecular formula is C13H15F4N3O3S. The number of nitrogens with zero attached hydrogens (tertiary/aromatic N) is 1. The van der Waals surface area contributed by atoms with Gasteiger partial charge in [-0.15, -0.1) is 0 Å². The van der Waals surface area contributed by atoms with Gasteiger partial charge in [0.15, 0.2) is 0 Å². The molecule has 2 rings (SSSR count). The molecule has 1 aromatic carbocycles. The van der Waals surface area contributed by atoms with Crippen LogP contribution in [0.5, 0.6) is 0 Å². The number of hydrogen-bond acceptors (Lipinski definition) is 3. The molecule has 24 heavy (non-hydrogen) atoms. The van der Waals surface area contributed by atoms with Gasteiger partial charge in [0.05, 0.1) is 6.17 Å². The maximum Gasteiger partial charge on any atom is 0.405 e. The number of sulfonamides is 1. The summed E-state index contributed by atoms with van der Waals surface area (Å²) in [4.78, 5) is 11.0. The fraction of sp³-hybridized carbons (Fsp3) is 0.462. The van der Waals surface area contributed by atoms with Crippen LogP contribution in [0.1, 0.15) is 12.8 Å². The van der Waals surface area contributed by atoms with Crippen LogP contribution in [0.3, 0.4) is 0 Å². The van der Waals surface area contributed by atoms with Gasteiger partial charge in [0.1, 0.15) is 17.3 Å². The lowest BCUT2D eigenvalue weighted by Crippen LogP contribution is -2.51. The van der Waals surface area contributed by atoms with Crippen molar-refractivity contribution in [1.29, 1.82) is 0 Å². The monoisotopic (exact) mass is 369 g/mol. The van der Waals surface area contributed by atoms with E-state index < -0.39 is 45.7 Å². The molecule has 1 aliphatic heterocycles. The minimum atomic E-state index is -4.58. The van der Waals surface area contributed by atoms with E-state index in [1.165, 1.54) is 12.1 Å². The van der Waals surface area contributed by atoms with Gasteiger partial charge in [0.25, 0.3) is 0 Å². The first kappa shape index (κ1) is 18.5. The second-order valence-electron chi connectivity index (χ2n) is 5.15. The highest BCUT2D eigenvalue weighted by atomic mass is 32.2. The minimum absolute atomic E-state index is 0.0287. The summed E-state index contributed by atoms with van der Waals surface area (Å²) in [6, 6.07) is 3.61. The Labute approximate surface area is 135 Å². The zero-order valence-corrected chi connectivity index (χ0v) is 13.1. The van der Waals surface area contributed by atoms with Gasteiger partial charge in [-0.1, -0.05) is 12.1 Å². The van der Waals surface area contributed by atoms with Crippen LogP contribution in [0.15, 0.2) is 29.2 Å². The van der Waals surface area contributed by atoms with Crippen molar-refractivity contribution in [2.75, 3.05) is 13.1 Å². The molecular weight excluding hydrogens is 354 g/mol. The highest BCUT2D eigenvalue weighted by Gasteiger charge is 2.38. The Kier molecular flexibility index (Phi) is 5.33. The molecule has 0 aliphatic carbocycles. The number of benzene rings is 1. The quantitative estimate of drug-likeness (QED) is 0.795. The lowest BCUT2D eigenvalue weighted by atomic mass is 10.3. The third-order valence-corrected chi connectivity index (χ3v) is 5.32. The van der Waals surface area contributed by atoms with Crippen LogP contribution in [0.4, 0.5) is 22.4 Å². The number of nitrogens with one attached hydrogen (secondary N) is 2. The molecule has 2 amide bonds. The predicted molar refractivity (Wildman–Crippen MR) is 75.9 cm³/mol. The van der Waals surface area contributed by atoms with Crippen molar-refractivity contribution < 1.29 is 30.8 Å². The highest BCUT2D eigenvalue weighted by molar-refractivity contribution is 7.89. The molecule has 0 unspecified atom stereocenters. The average molecular weight is 369 g/mol. The van der Waals surface area contributed by atoms with E-state index in [-0.39, 0.29) is 13.0 Å². The second-order valence-corrected chi connectivity index (χ2v) is 7.01. The summed E-state index contributed by atoms with van der Waals surface area (Å²) >= 11 is 0. The Balaban J connectivity index is 2.10. The Bertz CT molecular complexity index is 709. The smallest absolute Gasteiger partial charge is 0.329 e. The molecule has 0 aromatic heterocycles. The summed E-state index contributed by atoms with van der Waals surface area (Å²) < 4.78 is 75.8. The minimum Gasteiger partial charge on any atom is -0.329 e. The van der Waals surface area contributed by atoms with Crippen molar-refractivity contribution in [2.45, 2.75) is 30.1 Å². The molecule has 1 saturated heterocycles. The number of hydrogen-bond donors (Lipinski definition) is 2. The summed E-state index contributed by atoms with van der Waals surface area (Å²) in [5.41, 5.74) is 0. The number of halogens is 4. The molecule has 0 radical (unpaired) electrons. The van der Waals surface area contributed by atoms with Crippen LogP contribution in [-0.2, 0) is 10.0 Å². The zero-order chi connectivity index (χ0) is 18.0. The number of urea groups is 1. The van der Waals surface area contributed by atoms with Crippen molar-refractivity contribution in [3.63, 3.8) is 0 Å². The lowest BCUT2D eigenvalue weighted by molar-refractivity contribution is -0.122. The Morgan fingerprint density at radius 2 is 1.96 bits per heavy atom. The summed E-state index contributed by atoms with van der Waals surface area (Å²) in [6.45, 7) is -1.51. The maximum atomic E-state index is 13.7. The molecule has 0 saturated carbocycles. The summed E-state index contributed by atoms with van der Waals surface area (Å²) in [5, 5.41) is 3.77. The number of alkyl halides is 3. The van der Waals surface area contributed by atoms with Crippen LogP contribution in [0.25, 0.3) is 0 Å². The third kappa shape index (κ3) is 4.35. The molecule has 0 spiro atoms. The average Bonchev–Trinajstić information content (AvgIpc) is 2.93. The van der Waals surface area contributed by atoms with E-state index in [1.807, 2.05) is 0 Å². The lowest BCUT2D eigenvalue weighted by Gasteiger charge is -2.25. The van der Waals surface area contributed by atoms with E-state index in [2.05, 4.69) is 5.32 Å². The van der Waals surface area contributed by atoms with Crippen LogP contribution >= 0.6 is 0 Å². The second kappa shape index (κ2) is 6.93. The van der Waals surface area contributed by atoms with Gasteiger partial charge in [-0.2, -0.15) is 17.5 Å². The number of rotatable bonds is 4. The number of carbonyl (C=O) groups is 1. The van der Waals surface area contributed by atoms with Gasteiger partial charge in [-0.05, 0) is 25.0 Å². The van der Waals surface area contributed by atoms with E-state index in [9.17, 15) is 30.8 Å². The first-order chi connectivity index (χ1) is 11.1. The Hall–Kier alpha value is -1.88. The molecule has 1 aromatic rings. The molecule has 134 valence electrons. The van der Waals surface area contributed by atoms with E-state index in [0.29, 0.717) is 6.42 Å². The summed E-state index contributed by atoms with van der Waals surface area (Å²) in [5.74, 6) is -0.940. The molecule has 6 nitrogen and oxygen atoms in total. The molecule has 1 aliphatic rings. The van der Waals surface area contributed by atoms with Gasteiger partial charge in [-0.3, -0.25) is 0 Å². The summed E-state index contributed by atoms with van der Waals surface area (Å²) in [6.07, 6.45) is -5.01. The van der Waals surface area contributed by atoms with Crippen molar-refractivity contribution in [2.24, 2.45) is 0 Å². The highest BCUT2D eigenvalue weighted by Crippen LogP contribution is 2.26. The molecule has 1 atom stereocenters. The first-order valence-electron chi connectivity index (χ1n) is 6.99. The van der Waals surface area contributed by atoms with E-state index in [0.717, 1.165) is 16.4 Å². The van der Waals surface area contributed by atoms with Gasteiger partial charge < -0.3 is 10.6 Å². The summed E-state index contributed by atoms with van der Waals surface area (Å²) in [7, 11) is -4.21. The van der Waals surface area contributed by atoms with Crippen LogP contribution in [-0.4, -0.2) is 44.2 Å². The zero-order valence-electron chi connectivity index (χ0n) is 12.3. The molecule has 1 heterocycles. The fourth-order valence-corrected chi connectivity index (χ4v) is 4.02. The number of amides is 2. The maximum absolute atomic E-state index is 13.7. The van der Waals surface area contributed by atoms with Gasteiger partial charge >= 0.3 is 12.2 Å². The van der Waals surface area contributed by atoms with Gasteiger partial charge in [0, 0.05) is 6.54 Å². The van der Waals surface area contributed by atoms with Crippen molar-refractivity contribution >= 4 is 16.1 Å². The van der Waals surface area contributed by atoms with E-state index >= 15 is 0 Å². The fourth-order valence-electron chi connectivity index (χ4n) is 2.34. The van der Waals surface area contributed by atoms with Crippen molar-refractivity contribution in [3.8, 4) is 0 Å². The molecule has 0 bridgehead atoms. The topological polar surface area (TPSA) is 78.5 Å². The Morgan fingerprint density at radius 1 is 1.29 bits per heavy atom. The van der Waals surface area contributed by atoms with Crippen LogP contribution in [0, 0.1) is 5.82 Å². The number of carbonyl (C=O) groups excluding carboxylic acids is 1. The van der Waals surface area contributed by atoms with Gasteiger partial charge in [-0.25, -0.2) is 17.6 Å². The molecule has 1 fully saturated rings. The standard InChI is InChI=1S/C13H15F4N3O3S/c14-9-4-1-2-5-10(9)24(22,23)20-7-3-6-11(20)19-12(21)18-8-13(15,16)17/h1-2,4-5,11H,3,6-8H2,(H2,18,19,21)/t11-/m1/s1. The largest absolute Gasteiger partial charge is 0.405 e. The van der Waals surface area contributed by atoms with E-state index in [1.54, 1.807) is 5.32 Å². The van der Waals surface area contributed by atoms with Crippen LogP contribution in [0.2, 0.25) is 0 Å². The Morgan fingerprint density at radius 3 is 2.58 bits per heavy atom. The van der Waals surface area contributed by atoms with E-state index in [4.69, 9.17) is 0 Å². The van der Waals surface area contributed by atoms with Crippen molar-refractivity contribution in [1.82, 2.24) is 14.9 Å². The van der Waals surface area contributed by atoms with Crippen molar-refractivity contribution in [3.05, 3.63) is 30.1 Å². The molecule has 2 N–H and O–H groups in total. The SMILES string of the molecule is O=C(NCC(F)(F)F)N[C@H]1CCCN1S(=O)(=O)c1ccccc1F. The predicted octanol–water partition coefficient (Wildman–Crippen LogP) is 1.80. The molecule has 11 heteroatoms. The van der Waals surface area contributed by atoms with Crippen LogP contribution < -0.4 is 10.6 Å². The normalized spacial score (nSPS) is 19.2. The first-order valence-corrected chi connectivity index (χ1v) is 8.43. The van der Waals surface area contributed by atoms with Gasteiger partial charge in [0.2, 0.25) is 10.0 Å². The third-order valence-electron chi connectivity index (χ3n) is 3.37.